The van der Waals surface area contributed by atoms with Crippen molar-refractivity contribution in [1.82, 2.24) is 0 Å². The normalized spacial score (nSPS) is 11.1. The summed E-state index contributed by atoms with van der Waals surface area (Å²) in [6.07, 6.45) is -4.43. The van der Waals surface area contributed by atoms with Gasteiger partial charge in [0.1, 0.15) is 18.1 Å². The number of rotatable bonds is 5. The summed E-state index contributed by atoms with van der Waals surface area (Å²) in [6, 6.07) is 9.18. The molecule has 0 aliphatic heterocycles. The molecule has 0 saturated carbocycles. The van der Waals surface area contributed by atoms with Gasteiger partial charge in [0.05, 0.1) is 18.2 Å². The van der Waals surface area contributed by atoms with Gasteiger partial charge >= 0.3 is 6.18 Å². The van der Waals surface area contributed by atoms with Gasteiger partial charge in [-0.2, -0.15) is 13.2 Å². The van der Waals surface area contributed by atoms with Gasteiger partial charge in [0.25, 0.3) is 5.91 Å². The first-order valence-corrected chi connectivity index (χ1v) is 6.58. The van der Waals surface area contributed by atoms with Crippen LogP contribution in [0, 0.1) is 0 Å². The third-order valence-corrected chi connectivity index (χ3v) is 3.10. The third-order valence-electron chi connectivity index (χ3n) is 3.10. The van der Waals surface area contributed by atoms with Gasteiger partial charge in [-0.05, 0) is 29.8 Å². The largest absolute Gasteiger partial charge is 0.497 e. The average Bonchev–Trinajstić information content (AvgIpc) is 2.52. The van der Waals surface area contributed by atoms with Gasteiger partial charge in [0.2, 0.25) is 0 Å². The van der Waals surface area contributed by atoms with Crippen LogP contribution in [0.15, 0.2) is 42.5 Å². The molecular weight excluding hydrogens is 311 g/mol. The Labute approximate surface area is 130 Å². The Kier molecular flexibility index (Phi) is 4.78. The van der Waals surface area contributed by atoms with E-state index >= 15 is 0 Å². The lowest BCUT2D eigenvalue weighted by atomic mass is 10.1. The maximum atomic E-state index is 12.7. The lowest BCUT2D eigenvalue weighted by Gasteiger charge is -2.12. The fourth-order valence-corrected chi connectivity index (χ4v) is 1.95. The minimum atomic E-state index is -4.43. The second kappa shape index (κ2) is 6.60. The number of benzene rings is 2. The van der Waals surface area contributed by atoms with Crippen LogP contribution in [0.5, 0.6) is 11.5 Å². The standard InChI is InChI=1S/C16H14F3NO3/c1-22-12-5-6-13(15(20)21)14(8-12)23-9-10-3-2-4-11(7-10)16(17,18)19/h2-8H,9H2,1H3,(H2,20,21). The zero-order valence-corrected chi connectivity index (χ0v) is 12.2. The molecule has 0 heterocycles. The summed E-state index contributed by atoms with van der Waals surface area (Å²) in [5, 5.41) is 0. The number of primary amides is 1. The first-order valence-electron chi connectivity index (χ1n) is 6.58. The Morgan fingerprint density at radius 3 is 2.52 bits per heavy atom. The van der Waals surface area contributed by atoms with Crippen molar-refractivity contribution < 1.29 is 27.4 Å². The molecule has 0 spiro atoms. The molecule has 4 nitrogen and oxygen atoms in total. The number of carbonyl (C=O) groups excluding carboxylic acids is 1. The van der Waals surface area contributed by atoms with E-state index in [1.807, 2.05) is 0 Å². The van der Waals surface area contributed by atoms with Crippen molar-refractivity contribution in [3.63, 3.8) is 0 Å². The smallest absolute Gasteiger partial charge is 0.416 e. The van der Waals surface area contributed by atoms with Crippen molar-refractivity contribution in [2.75, 3.05) is 7.11 Å². The minimum absolute atomic E-state index is 0.123. The van der Waals surface area contributed by atoms with Crippen molar-refractivity contribution in [1.29, 1.82) is 0 Å². The molecule has 122 valence electrons. The molecule has 0 atom stereocenters. The van der Waals surface area contributed by atoms with E-state index in [0.29, 0.717) is 11.3 Å². The van der Waals surface area contributed by atoms with E-state index in [2.05, 4.69) is 0 Å². The molecule has 7 heteroatoms. The van der Waals surface area contributed by atoms with Gasteiger partial charge in [0.15, 0.2) is 0 Å². The summed E-state index contributed by atoms with van der Waals surface area (Å²) >= 11 is 0. The highest BCUT2D eigenvalue weighted by atomic mass is 19.4. The highest BCUT2D eigenvalue weighted by Gasteiger charge is 2.30. The summed E-state index contributed by atoms with van der Waals surface area (Å²) < 4.78 is 48.5. The highest BCUT2D eigenvalue weighted by molar-refractivity contribution is 5.95. The minimum Gasteiger partial charge on any atom is -0.497 e. The fraction of sp³-hybridized carbons (Fsp3) is 0.188. The molecule has 0 bridgehead atoms. The van der Waals surface area contributed by atoms with Crippen LogP contribution in [-0.4, -0.2) is 13.0 Å². The van der Waals surface area contributed by atoms with Gasteiger partial charge in [0, 0.05) is 6.07 Å². The second-order valence-corrected chi connectivity index (χ2v) is 4.71. The summed E-state index contributed by atoms with van der Waals surface area (Å²) in [4.78, 5) is 11.4. The second-order valence-electron chi connectivity index (χ2n) is 4.71. The quantitative estimate of drug-likeness (QED) is 0.916. The van der Waals surface area contributed by atoms with Gasteiger partial charge in [-0.25, -0.2) is 0 Å². The Morgan fingerprint density at radius 2 is 1.91 bits per heavy atom. The van der Waals surface area contributed by atoms with Crippen molar-refractivity contribution in [3.05, 3.63) is 59.2 Å². The monoisotopic (exact) mass is 325 g/mol. The molecule has 2 aromatic carbocycles. The number of ether oxygens (including phenoxy) is 2. The van der Waals surface area contributed by atoms with Crippen molar-refractivity contribution in [2.24, 2.45) is 5.73 Å². The molecule has 23 heavy (non-hydrogen) atoms. The third kappa shape index (κ3) is 4.15. The van der Waals surface area contributed by atoms with Crippen LogP contribution in [0.1, 0.15) is 21.5 Å². The lowest BCUT2D eigenvalue weighted by molar-refractivity contribution is -0.137. The SMILES string of the molecule is COc1ccc(C(N)=O)c(OCc2cccc(C(F)(F)F)c2)c1. The average molecular weight is 325 g/mol. The van der Waals surface area contributed by atoms with Gasteiger partial charge in [-0.15, -0.1) is 0 Å². The van der Waals surface area contributed by atoms with Crippen LogP contribution < -0.4 is 15.2 Å². The molecule has 0 radical (unpaired) electrons. The summed E-state index contributed by atoms with van der Waals surface area (Å²) in [5.41, 5.74) is 4.92. The number of nitrogens with two attached hydrogens (primary N) is 1. The van der Waals surface area contributed by atoms with Crippen molar-refractivity contribution in [3.8, 4) is 11.5 Å². The predicted octanol–water partition coefficient (Wildman–Crippen LogP) is 3.39. The Hall–Kier alpha value is -2.70. The molecule has 2 rings (SSSR count). The molecule has 0 aromatic heterocycles. The molecule has 0 unspecified atom stereocenters. The van der Waals surface area contributed by atoms with E-state index in [4.69, 9.17) is 15.2 Å². The predicted molar refractivity (Wildman–Crippen MR) is 77.3 cm³/mol. The van der Waals surface area contributed by atoms with Gasteiger partial charge < -0.3 is 15.2 Å². The van der Waals surface area contributed by atoms with Crippen LogP contribution in [0.2, 0.25) is 0 Å². The van der Waals surface area contributed by atoms with Crippen LogP contribution in [0.25, 0.3) is 0 Å². The van der Waals surface area contributed by atoms with E-state index in [9.17, 15) is 18.0 Å². The number of carbonyl (C=O) groups is 1. The summed E-state index contributed by atoms with van der Waals surface area (Å²) in [6.45, 7) is -0.142. The Bertz CT molecular complexity index is 714. The number of halogens is 3. The molecule has 0 fully saturated rings. The molecule has 2 aromatic rings. The van der Waals surface area contributed by atoms with E-state index in [-0.39, 0.29) is 17.9 Å². The number of alkyl halides is 3. The van der Waals surface area contributed by atoms with E-state index in [0.717, 1.165) is 12.1 Å². The van der Waals surface area contributed by atoms with Crippen LogP contribution in [0.3, 0.4) is 0 Å². The van der Waals surface area contributed by atoms with Crippen molar-refractivity contribution >= 4 is 5.91 Å². The molecule has 0 aliphatic rings. The van der Waals surface area contributed by atoms with Gasteiger partial charge in [-0.1, -0.05) is 12.1 Å². The number of hydrogen-bond donors (Lipinski definition) is 1. The zero-order valence-electron chi connectivity index (χ0n) is 12.2. The Balaban J connectivity index is 2.22. The fourth-order valence-electron chi connectivity index (χ4n) is 1.95. The molecule has 0 saturated heterocycles. The van der Waals surface area contributed by atoms with E-state index in [1.54, 1.807) is 0 Å². The topological polar surface area (TPSA) is 61.5 Å². The lowest BCUT2D eigenvalue weighted by Crippen LogP contribution is -2.13. The molecular formula is C16H14F3NO3. The van der Waals surface area contributed by atoms with Crippen molar-refractivity contribution in [2.45, 2.75) is 12.8 Å². The number of hydrogen-bond acceptors (Lipinski definition) is 3. The van der Waals surface area contributed by atoms with E-state index in [1.165, 1.54) is 37.4 Å². The van der Waals surface area contributed by atoms with Crippen LogP contribution in [-0.2, 0) is 12.8 Å². The molecule has 0 aliphatic carbocycles. The number of methoxy groups -OCH3 is 1. The highest BCUT2D eigenvalue weighted by Crippen LogP contribution is 2.30. The maximum Gasteiger partial charge on any atom is 0.416 e. The maximum absolute atomic E-state index is 12.7. The molecule has 1 amide bonds. The van der Waals surface area contributed by atoms with Crippen LogP contribution >= 0.6 is 0 Å². The zero-order chi connectivity index (χ0) is 17.0. The summed E-state index contributed by atoms with van der Waals surface area (Å²) in [7, 11) is 1.44. The number of amides is 1. The summed E-state index contributed by atoms with van der Waals surface area (Å²) in [5.74, 6) is -0.116. The first kappa shape index (κ1) is 16.7. The van der Waals surface area contributed by atoms with Gasteiger partial charge in [-0.3, -0.25) is 4.79 Å². The van der Waals surface area contributed by atoms with E-state index < -0.39 is 17.6 Å². The molecule has 2 N–H and O–H groups in total. The Morgan fingerprint density at radius 1 is 1.17 bits per heavy atom. The first-order chi connectivity index (χ1) is 10.8. The van der Waals surface area contributed by atoms with Crippen LogP contribution in [0.4, 0.5) is 13.2 Å².